The highest BCUT2D eigenvalue weighted by Crippen LogP contribution is 2.39. The molecule has 0 saturated carbocycles. The lowest BCUT2D eigenvalue weighted by molar-refractivity contribution is -0.157. The molecule has 17 heavy (non-hydrogen) atoms. The molecule has 0 radical (unpaired) electrons. The molecule has 1 aromatic carbocycles. The third kappa shape index (κ3) is 2.06. The average molecular weight is 237 g/mol. The van der Waals surface area contributed by atoms with Gasteiger partial charge < -0.3 is 9.47 Å². The number of benzene rings is 1. The summed E-state index contributed by atoms with van der Waals surface area (Å²) in [6.07, 6.45) is 0.292. The van der Waals surface area contributed by atoms with Crippen molar-refractivity contribution in [2.75, 3.05) is 20.8 Å². The third-order valence-corrected chi connectivity index (χ3v) is 2.98. The van der Waals surface area contributed by atoms with Crippen molar-refractivity contribution < 1.29 is 19.5 Å². The molecule has 1 amide bonds. The molecule has 5 nitrogen and oxygen atoms in total. The maximum atomic E-state index is 11.3. The second-order valence-corrected chi connectivity index (χ2v) is 3.96. The zero-order valence-electron chi connectivity index (χ0n) is 9.84. The van der Waals surface area contributed by atoms with Crippen molar-refractivity contribution in [1.82, 2.24) is 5.06 Å². The van der Waals surface area contributed by atoms with Crippen LogP contribution in [0.25, 0.3) is 0 Å². The van der Waals surface area contributed by atoms with Crippen molar-refractivity contribution in [3.8, 4) is 11.5 Å². The third-order valence-electron chi connectivity index (χ3n) is 2.98. The van der Waals surface area contributed by atoms with E-state index in [9.17, 15) is 10.0 Å². The molecule has 0 aromatic heterocycles. The summed E-state index contributed by atoms with van der Waals surface area (Å²) >= 11 is 0. The Balaban J connectivity index is 2.35. The highest BCUT2D eigenvalue weighted by atomic mass is 16.5. The van der Waals surface area contributed by atoms with Crippen LogP contribution in [0, 0.1) is 0 Å². The van der Waals surface area contributed by atoms with Gasteiger partial charge >= 0.3 is 0 Å². The standard InChI is InChI=1S/C12H15NO4/c1-16-10-5-3-4-9(12(10)17-2)8-6-11(14)13(15)7-8/h3-5,8,15H,6-7H2,1-2H3. The van der Waals surface area contributed by atoms with E-state index in [-0.39, 0.29) is 11.8 Å². The Bertz CT molecular complexity index is 433. The number of hydroxylamine groups is 2. The van der Waals surface area contributed by atoms with E-state index >= 15 is 0 Å². The molecule has 5 heteroatoms. The number of hydrogen-bond donors (Lipinski definition) is 1. The highest BCUT2D eigenvalue weighted by molar-refractivity contribution is 5.78. The number of para-hydroxylation sites is 1. The Hall–Kier alpha value is -1.75. The van der Waals surface area contributed by atoms with Gasteiger partial charge in [-0.25, -0.2) is 5.06 Å². The van der Waals surface area contributed by atoms with Gasteiger partial charge in [0.1, 0.15) is 0 Å². The molecule has 2 rings (SSSR count). The molecule has 1 aromatic rings. The van der Waals surface area contributed by atoms with Crippen LogP contribution in [0.15, 0.2) is 18.2 Å². The molecule has 1 saturated heterocycles. The molecule has 1 atom stereocenters. The van der Waals surface area contributed by atoms with E-state index in [2.05, 4.69) is 0 Å². The monoisotopic (exact) mass is 237 g/mol. The number of hydrogen-bond acceptors (Lipinski definition) is 4. The maximum Gasteiger partial charge on any atom is 0.246 e. The molecule has 0 spiro atoms. The van der Waals surface area contributed by atoms with Crippen LogP contribution < -0.4 is 9.47 Å². The predicted molar refractivity (Wildman–Crippen MR) is 60.4 cm³/mol. The molecule has 1 fully saturated rings. The second-order valence-electron chi connectivity index (χ2n) is 3.96. The van der Waals surface area contributed by atoms with Gasteiger partial charge in [0.2, 0.25) is 5.91 Å². The van der Waals surface area contributed by atoms with Crippen LogP contribution in [-0.4, -0.2) is 36.9 Å². The molecular weight excluding hydrogens is 222 g/mol. The number of amides is 1. The van der Waals surface area contributed by atoms with Crippen LogP contribution >= 0.6 is 0 Å². The largest absolute Gasteiger partial charge is 0.493 e. The van der Waals surface area contributed by atoms with Crippen molar-refractivity contribution in [3.63, 3.8) is 0 Å². The van der Waals surface area contributed by atoms with Crippen molar-refractivity contribution in [1.29, 1.82) is 0 Å². The average Bonchev–Trinajstić information content (AvgIpc) is 2.68. The van der Waals surface area contributed by atoms with Crippen molar-refractivity contribution in [2.24, 2.45) is 0 Å². The Kier molecular flexibility index (Phi) is 3.19. The van der Waals surface area contributed by atoms with E-state index in [4.69, 9.17) is 9.47 Å². The zero-order chi connectivity index (χ0) is 12.4. The first-order valence-corrected chi connectivity index (χ1v) is 5.37. The lowest BCUT2D eigenvalue weighted by atomic mass is 9.97. The molecule has 0 bridgehead atoms. The van der Waals surface area contributed by atoms with Gasteiger partial charge in [0.25, 0.3) is 0 Å². The molecule has 1 heterocycles. The molecule has 1 aliphatic heterocycles. The summed E-state index contributed by atoms with van der Waals surface area (Å²) in [5, 5.41) is 10.1. The van der Waals surface area contributed by atoms with E-state index in [1.54, 1.807) is 20.3 Å². The summed E-state index contributed by atoms with van der Waals surface area (Å²) < 4.78 is 10.5. The molecule has 1 unspecified atom stereocenters. The van der Waals surface area contributed by atoms with Gasteiger partial charge in [-0.3, -0.25) is 10.0 Å². The minimum atomic E-state index is -0.264. The van der Waals surface area contributed by atoms with Crippen LogP contribution in [-0.2, 0) is 4.79 Å². The summed E-state index contributed by atoms with van der Waals surface area (Å²) in [4.78, 5) is 11.3. The van der Waals surface area contributed by atoms with E-state index < -0.39 is 0 Å². The first-order valence-electron chi connectivity index (χ1n) is 5.37. The highest BCUT2D eigenvalue weighted by Gasteiger charge is 2.32. The van der Waals surface area contributed by atoms with Gasteiger partial charge in [-0.2, -0.15) is 0 Å². The fourth-order valence-electron chi connectivity index (χ4n) is 2.13. The van der Waals surface area contributed by atoms with Crippen LogP contribution in [0.2, 0.25) is 0 Å². The van der Waals surface area contributed by atoms with Gasteiger partial charge in [-0.1, -0.05) is 12.1 Å². The van der Waals surface area contributed by atoms with Crippen LogP contribution in [0.1, 0.15) is 17.9 Å². The Morgan fingerprint density at radius 1 is 1.35 bits per heavy atom. The number of ether oxygens (including phenoxy) is 2. The van der Waals surface area contributed by atoms with Gasteiger partial charge in [0.05, 0.1) is 20.8 Å². The molecule has 92 valence electrons. The quantitative estimate of drug-likeness (QED) is 0.807. The summed E-state index contributed by atoms with van der Waals surface area (Å²) in [5.41, 5.74) is 0.886. The smallest absolute Gasteiger partial charge is 0.246 e. The fraction of sp³-hybridized carbons (Fsp3) is 0.417. The van der Waals surface area contributed by atoms with Gasteiger partial charge in [-0.15, -0.1) is 0 Å². The minimum Gasteiger partial charge on any atom is -0.493 e. The Labute approximate surface area is 99.5 Å². The molecule has 1 aliphatic rings. The minimum absolute atomic E-state index is 0.0578. The lowest BCUT2D eigenvalue weighted by Crippen LogP contribution is -2.19. The number of methoxy groups -OCH3 is 2. The SMILES string of the molecule is COc1cccc(C2CC(=O)N(O)C2)c1OC. The summed E-state index contributed by atoms with van der Waals surface area (Å²) in [7, 11) is 3.13. The molecule has 1 N–H and O–H groups in total. The number of rotatable bonds is 3. The zero-order valence-corrected chi connectivity index (χ0v) is 9.84. The second kappa shape index (κ2) is 4.63. The maximum absolute atomic E-state index is 11.3. The van der Waals surface area contributed by atoms with E-state index in [1.165, 1.54) is 0 Å². The molecule has 0 aliphatic carbocycles. The van der Waals surface area contributed by atoms with Crippen LogP contribution in [0.3, 0.4) is 0 Å². The predicted octanol–water partition coefficient (Wildman–Crippen LogP) is 1.41. The number of carbonyl (C=O) groups is 1. The molecular formula is C12H15NO4. The van der Waals surface area contributed by atoms with Crippen molar-refractivity contribution in [3.05, 3.63) is 23.8 Å². The van der Waals surface area contributed by atoms with Crippen molar-refractivity contribution in [2.45, 2.75) is 12.3 Å². The van der Waals surface area contributed by atoms with E-state index in [0.29, 0.717) is 24.5 Å². The van der Waals surface area contributed by atoms with Crippen molar-refractivity contribution >= 4 is 5.91 Å². The van der Waals surface area contributed by atoms with Crippen LogP contribution in [0.5, 0.6) is 11.5 Å². The van der Waals surface area contributed by atoms with Gasteiger partial charge in [0, 0.05) is 17.9 Å². The summed E-state index contributed by atoms with van der Waals surface area (Å²) in [5.74, 6) is 0.939. The normalized spacial score (nSPS) is 19.6. The number of carbonyl (C=O) groups excluding carboxylic acids is 1. The van der Waals surface area contributed by atoms with E-state index in [1.807, 2.05) is 12.1 Å². The lowest BCUT2D eigenvalue weighted by Gasteiger charge is -2.16. The van der Waals surface area contributed by atoms with Gasteiger partial charge in [-0.05, 0) is 6.07 Å². The first-order chi connectivity index (χ1) is 8.17. The summed E-state index contributed by atoms with van der Waals surface area (Å²) in [6, 6.07) is 5.54. The summed E-state index contributed by atoms with van der Waals surface area (Å²) in [6.45, 7) is 0.294. The first kappa shape index (κ1) is 11.7. The Morgan fingerprint density at radius 3 is 2.65 bits per heavy atom. The van der Waals surface area contributed by atoms with Gasteiger partial charge in [0.15, 0.2) is 11.5 Å². The van der Waals surface area contributed by atoms with E-state index in [0.717, 1.165) is 10.6 Å². The van der Waals surface area contributed by atoms with Crippen LogP contribution in [0.4, 0.5) is 0 Å². The Morgan fingerprint density at radius 2 is 2.12 bits per heavy atom. The number of nitrogens with zero attached hydrogens (tertiary/aromatic N) is 1. The fourth-order valence-corrected chi connectivity index (χ4v) is 2.13. The topological polar surface area (TPSA) is 59.0 Å².